The third-order valence-electron chi connectivity index (χ3n) is 3.88. The molecule has 8 heteroatoms. The number of ether oxygens (including phenoxy) is 1. The topological polar surface area (TPSA) is 80.2 Å². The van der Waals surface area contributed by atoms with E-state index in [4.69, 9.17) is 4.74 Å². The first-order chi connectivity index (χ1) is 12.8. The summed E-state index contributed by atoms with van der Waals surface area (Å²) < 4.78 is 32.9. The summed E-state index contributed by atoms with van der Waals surface area (Å²) in [6.07, 6.45) is 0. The molecule has 0 saturated carbocycles. The van der Waals surface area contributed by atoms with E-state index < -0.39 is 10.0 Å². The Kier molecular flexibility index (Phi) is 6.81. The van der Waals surface area contributed by atoms with Gasteiger partial charge in [-0.15, -0.1) is 0 Å². The lowest BCUT2D eigenvalue weighted by molar-refractivity contribution is -0.849. The van der Waals surface area contributed by atoms with E-state index in [1.807, 2.05) is 20.2 Å². The van der Waals surface area contributed by atoms with E-state index in [1.165, 1.54) is 23.5 Å². The van der Waals surface area contributed by atoms with Crippen LogP contribution in [0.2, 0.25) is 0 Å². The Morgan fingerprint density at radius 3 is 2.37 bits per heavy atom. The van der Waals surface area contributed by atoms with Crippen LogP contribution in [0.4, 0.5) is 11.4 Å². The maximum atomic E-state index is 13.1. The third kappa shape index (κ3) is 4.99. The summed E-state index contributed by atoms with van der Waals surface area (Å²) in [4.78, 5) is 13.2. The highest BCUT2D eigenvalue weighted by atomic mass is 32.2. The summed E-state index contributed by atoms with van der Waals surface area (Å²) in [5.41, 5.74) is 0.909. The summed E-state index contributed by atoms with van der Waals surface area (Å²) in [5, 5.41) is 2.73. The van der Waals surface area contributed by atoms with Crippen LogP contribution in [0.1, 0.15) is 6.92 Å². The molecule has 27 heavy (non-hydrogen) atoms. The number of hydrogen-bond donors (Lipinski definition) is 2. The van der Waals surface area contributed by atoms with Crippen molar-refractivity contribution in [3.8, 4) is 5.75 Å². The number of methoxy groups -OCH3 is 1. The van der Waals surface area contributed by atoms with Crippen molar-refractivity contribution in [3.05, 3.63) is 48.5 Å². The molecule has 0 aliphatic rings. The van der Waals surface area contributed by atoms with Crippen LogP contribution in [-0.2, 0) is 14.8 Å². The van der Waals surface area contributed by atoms with E-state index >= 15 is 0 Å². The van der Waals surface area contributed by atoms with Gasteiger partial charge in [0.15, 0.2) is 6.54 Å². The maximum absolute atomic E-state index is 13.1. The molecule has 0 unspecified atom stereocenters. The predicted molar refractivity (Wildman–Crippen MR) is 106 cm³/mol. The quantitative estimate of drug-likeness (QED) is 0.702. The first-order valence-corrected chi connectivity index (χ1v) is 10.1. The van der Waals surface area contributed by atoms with Gasteiger partial charge < -0.3 is 15.0 Å². The average molecular weight is 393 g/mol. The van der Waals surface area contributed by atoms with Gasteiger partial charge in [-0.2, -0.15) is 0 Å². The molecule has 0 saturated heterocycles. The van der Waals surface area contributed by atoms with E-state index in [0.29, 0.717) is 17.1 Å². The van der Waals surface area contributed by atoms with Gasteiger partial charge in [-0.1, -0.05) is 18.2 Å². The molecule has 0 heterocycles. The minimum Gasteiger partial charge on any atom is -0.495 e. The summed E-state index contributed by atoms with van der Waals surface area (Å²) >= 11 is 0. The summed E-state index contributed by atoms with van der Waals surface area (Å²) in [7, 11) is 1.40. The van der Waals surface area contributed by atoms with Gasteiger partial charge in [0.05, 0.1) is 37.5 Å². The molecule has 2 N–H and O–H groups in total. The number of carbonyl (C=O) groups is 1. The molecule has 146 valence electrons. The Morgan fingerprint density at radius 1 is 1.15 bits per heavy atom. The van der Waals surface area contributed by atoms with E-state index in [-0.39, 0.29) is 23.9 Å². The molecular weight excluding hydrogens is 366 g/mol. The minimum atomic E-state index is -3.79. The molecule has 2 aromatic rings. The number of sulfonamides is 1. The first kappa shape index (κ1) is 20.7. The van der Waals surface area contributed by atoms with Gasteiger partial charge in [0.2, 0.25) is 0 Å². The van der Waals surface area contributed by atoms with Crippen LogP contribution in [0.5, 0.6) is 5.75 Å². The molecule has 0 radical (unpaired) electrons. The Labute approximate surface area is 160 Å². The zero-order valence-electron chi connectivity index (χ0n) is 16.0. The summed E-state index contributed by atoms with van der Waals surface area (Å²) in [6, 6.07) is 13.4. The van der Waals surface area contributed by atoms with Crippen LogP contribution in [-0.4, -0.2) is 48.6 Å². The molecule has 0 aliphatic carbocycles. The predicted octanol–water partition coefficient (Wildman–Crippen LogP) is 0.993. The number of quaternary nitrogens is 1. The number of anilines is 2. The minimum absolute atomic E-state index is 0.0847. The third-order valence-corrected chi connectivity index (χ3v) is 5.78. The molecule has 0 atom stereocenters. The lowest BCUT2D eigenvalue weighted by Gasteiger charge is -2.23. The number of nitrogens with one attached hydrogen (secondary N) is 2. The molecule has 7 nitrogen and oxygen atoms in total. The number of nitrogens with zero attached hydrogens (tertiary/aromatic N) is 1. The highest BCUT2D eigenvalue weighted by molar-refractivity contribution is 7.92. The molecule has 0 aromatic heterocycles. The van der Waals surface area contributed by atoms with Crippen LogP contribution in [0.3, 0.4) is 0 Å². The molecule has 0 spiro atoms. The molecule has 0 bridgehead atoms. The van der Waals surface area contributed by atoms with Crippen LogP contribution in [0, 0.1) is 0 Å². The van der Waals surface area contributed by atoms with Gasteiger partial charge in [-0.3, -0.25) is 9.10 Å². The van der Waals surface area contributed by atoms with Gasteiger partial charge in [0.1, 0.15) is 5.75 Å². The van der Waals surface area contributed by atoms with Gasteiger partial charge in [-0.25, -0.2) is 8.42 Å². The van der Waals surface area contributed by atoms with Crippen molar-refractivity contribution in [1.29, 1.82) is 0 Å². The number of rotatable bonds is 8. The SMILES string of the molecule is CCN(c1ccccc1)S(=O)(=O)c1ccc(OC)c(NC(=O)C[NH+](C)C)c1. The van der Waals surface area contributed by atoms with Gasteiger partial charge >= 0.3 is 0 Å². The summed E-state index contributed by atoms with van der Waals surface area (Å²) in [5.74, 6) is 0.178. The van der Waals surface area contributed by atoms with Crippen LogP contribution >= 0.6 is 0 Å². The van der Waals surface area contributed by atoms with Crippen molar-refractivity contribution in [1.82, 2.24) is 0 Å². The molecule has 1 amide bonds. The zero-order chi connectivity index (χ0) is 20.0. The normalized spacial score (nSPS) is 11.3. The van der Waals surface area contributed by atoms with Crippen LogP contribution in [0.15, 0.2) is 53.4 Å². The number of likely N-dealkylation sites (N-methyl/N-ethyl adjacent to an activating group) is 1. The van der Waals surface area contributed by atoms with Crippen LogP contribution < -0.4 is 19.3 Å². The molecule has 0 fully saturated rings. The fourth-order valence-corrected chi connectivity index (χ4v) is 4.17. The second-order valence-electron chi connectivity index (χ2n) is 6.30. The average Bonchev–Trinajstić information content (AvgIpc) is 2.62. The number of amides is 1. The monoisotopic (exact) mass is 392 g/mol. The van der Waals surface area contributed by atoms with Gasteiger partial charge in [0.25, 0.3) is 15.9 Å². The molecule has 2 rings (SSSR count). The second kappa shape index (κ2) is 8.88. The van der Waals surface area contributed by atoms with Crippen molar-refractivity contribution in [2.45, 2.75) is 11.8 Å². The number of carbonyl (C=O) groups excluding carboxylic acids is 1. The largest absolute Gasteiger partial charge is 0.495 e. The van der Waals surface area contributed by atoms with Crippen LogP contribution in [0.25, 0.3) is 0 Å². The maximum Gasteiger partial charge on any atom is 0.279 e. The highest BCUT2D eigenvalue weighted by Crippen LogP contribution is 2.30. The van der Waals surface area contributed by atoms with E-state index in [9.17, 15) is 13.2 Å². The second-order valence-corrected chi connectivity index (χ2v) is 8.16. The fraction of sp³-hybridized carbons (Fsp3) is 0.316. The Bertz CT molecular complexity index is 883. The number of para-hydroxylation sites is 1. The molecular formula is C19H26N3O4S+. The fourth-order valence-electron chi connectivity index (χ4n) is 2.67. The number of benzene rings is 2. The van der Waals surface area contributed by atoms with Crippen molar-refractivity contribution in [2.75, 3.05) is 43.9 Å². The highest BCUT2D eigenvalue weighted by Gasteiger charge is 2.25. The van der Waals surface area contributed by atoms with Crippen molar-refractivity contribution < 1.29 is 22.8 Å². The molecule has 0 aliphatic heterocycles. The van der Waals surface area contributed by atoms with Crippen molar-refractivity contribution >= 4 is 27.3 Å². The molecule has 2 aromatic carbocycles. The van der Waals surface area contributed by atoms with E-state index in [1.54, 1.807) is 37.3 Å². The van der Waals surface area contributed by atoms with Crippen molar-refractivity contribution in [2.24, 2.45) is 0 Å². The van der Waals surface area contributed by atoms with E-state index in [2.05, 4.69) is 5.32 Å². The Balaban J connectivity index is 2.42. The summed E-state index contributed by atoms with van der Waals surface area (Å²) in [6.45, 7) is 2.31. The van der Waals surface area contributed by atoms with Gasteiger partial charge in [-0.05, 0) is 37.3 Å². The lowest BCUT2D eigenvalue weighted by Crippen LogP contribution is -3.06. The number of hydrogen-bond acceptors (Lipinski definition) is 4. The first-order valence-electron chi connectivity index (χ1n) is 8.64. The van der Waals surface area contributed by atoms with Crippen molar-refractivity contribution in [3.63, 3.8) is 0 Å². The van der Waals surface area contributed by atoms with Gasteiger partial charge in [0, 0.05) is 6.54 Å². The Morgan fingerprint density at radius 2 is 1.81 bits per heavy atom. The Hall–Kier alpha value is -2.58. The smallest absolute Gasteiger partial charge is 0.279 e. The zero-order valence-corrected chi connectivity index (χ0v) is 16.8. The van der Waals surface area contributed by atoms with E-state index in [0.717, 1.165) is 4.90 Å². The lowest BCUT2D eigenvalue weighted by atomic mass is 10.3. The standard InChI is InChI=1S/C19H25N3O4S/c1-5-22(15-9-7-6-8-10-15)27(24,25)16-11-12-18(26-4)17(13-16)20-19(23)14-21(2)3/h6-13H,5,14H2,1-4H3,(H,20,23)/p+1.